The van der Waals surface area contributed by atoms with Crippen molar-refractivity contribution in [2.45, 2.75) is 0 Å². The van der Waals surface area contributed by atoms with Gasteiger partial charge in [-0.05, 0) is 112 Å². The zero-order chi connectivity index (χ0) is 42.6. The Bertz CT molecular complexity index is 3840. The van der Waals surface area contributed by atoms with Gasteiger partial charge in [-0.3, -0.25) is 0 Å². The maximum absolute atomic E-state index is 2.51. The van der Waals surface area contributed by atoms with Crippen LogP contribution in [0.1, 0.15) is 0 Å². The van der Waals surface area contributed by atoms with Gasteiger partial charge in [0.05, 0.1) is 38.8 Å². The molecule has 0 radical (unpaired) electrons. The summed E-state index contributed by atoms with van der Waals surface area (Å²) in [6, 6.07) is 87.1. The maximum Gasteiger partial charge on any atom is 0.0618 e. The highest BCUT2D eigenvalue weighted by Gasteiger charge is 2.20. The minimum Gasteiger partial charge on any atom is -0.309 e. The molecule has 0 spiro atoms. The molecule has 0 fully saturated rings. The summed E-state index contributed by atoms with van der Waals surface area (Å²) in [6.45, 7) is 0. The van der Waals surface area contributed by atoms with E-state index >= 15 is 0 Å². The van der Waals surface area contributed by atoms with Gasteiger partial charge in [0.15, 0.2) is 0 Å². The highest BCUT2D eigenvalue weighted by molar-refractivity contribution is 6.16. The van der Waals surface area contributed by atoms with Gasteiger partial charge in [0.1, 0.15) is 0 Å². The fraction of sp³-hybridized carbons (Fsp3) is 0. The molecule has 11 aromatic carbocycles. The van der Waals surface area contributed by atoms with Crippen LogP contribution in [0.4, 0.5) is 0 Å². The lowest BCUT2D eigenvalue weighted by Gasteiger charge is -2.16. The average molecular weight is 826 g/mol. The van der Waals surface area contributed by atoms with Crippen LogP contribution in [0.2, 0.25) is 0 Å². The van der Waals surface area contributed by atoms with Gasteiger partial charge in [0.25, 0.3) is 0 Å². The van der Waals surface area contributed by atoms with Gasteiger partial charge < -0.3 is 13.7 Å². The Labute approximate surface area is 374 Å². The van der Waals surface area contributed by atoms with E-state index in [0.717, 1.165) is 11.4 Å². The number of para-hydroxylation sites is 4. The van der Waals surface area contributed by atoms with E-state index in [9.17, 15) is 0 Å². The first-order valence-electron chi connectivity index (χ1n) is 22.4. The molecule has 0 bridgehead atoms. The molecule has 302 valence electrons. The molecule has 3 aromatic heterocycles. The van der Waals surface area contributed by atoms with Crippen LogP contribution in [0, 0.1) is 0 Å². The van der Waals surface area contributed by atoms with Crippen LogP contribution in [0.3, 0.4) is 0 Å². The van der Waals surface area contributed by atoms with Crippen molar-refractivity contribution in [3.8, 4) is 39.3 Å². The monoisotopic (exact) mass is 825 g/mol. The van der Waals surface area contributed by atoms with Gasteiger partial charge in [-0.2, -0.15) is 0 Å². The number of benzene rings is 11. The molecule has 0 aliphatic carbocycles. The van der Waals surface area contributed by atoms with E-state index in [2.05, 4.69) is 250 Å². The van der Waals surface area contributed by atoms with Crippen LogP contribution in [-0.2, 0) is 0 Å². The van der Waals surface area contributed by atoms with Gasteiger partial charge in [-0.15, -0.1) is 0 Å². The van der Waals surface area contributed by atoms with Crippen LogP contribution < -0.4 is 0 Å². The molecule has 65 heavy (non-hydrogen) atoms. The molecule has 0 atom stereocenters. The number of rotatable bonds is 5. The van der Waals surface area contributed by atoms with Crippen molar-refractivity contribution in [2.75, 3.05) is 0 Å². The van der Waals surface area contributed by atoms with E-state index in [0.29, 0.717) is 0 Å². The number of hydrogen-bond donors (Lipinski definition) is 0. The lowest BCUT2D eigenvalue weighted by atomic mass is 10.00. The summed E-state index contributed by atoms with van der Waals surface area (Å²) in [7, 11) is 0. The van der Waals surface area contributed by atoms with Crippen LogP contribution in [0.25, 0.3) is 126 Å². The standard InChI is InChI=1S/C62H39N3/c1-3-15-48-44(13-1)37-45-14-2-4-16-49(45)62(48)65-60-35-29-42(40-25-31-46(32-26-40)63-56-21-9-5-17-50(56)51-18-6-10-22-57(51)63)38-54(60)55-39-43(30-36-61(55)65)41-27-33-47(34-28-41)64-58-23-11-7-19-52(58)53-20-8-12-24-59(53)64/h1-39H. The van der Waals surface area contributed by atoms with Crippen LogP contribution in [0.5, 0.6) is 0 Å². The van der Waals surface area contributed by atoms with Crippen molar-refractivity contribution >= 4 is 87.0 Å². The van der Waals surface area contributed by atoms with Crippen LogP contribution in [0.15, 0.2) is 237 Å². The SMILES string of the molecule is c1ccc2c(-n3c4ccc(-c5ccc(-n6c7ccccc7c7ccccc76)cc5)cc4c4cc(-c5ccc(-n6c7ccccc7c7ccccc76)cc5)ccc43)c3ccccc3cc2c1. The summed E-state index contributed by atoms with van der Waals surface area (Å²) in [5.74, 6) is 0. The first-order chi connectivity index (χ1) is 32.2. The van der Waals surface area contributed by atoms with E-state index in [1.54, 1.807) is 0 Å². The highest BCUT2D eigenvalue weighted by atomic mass is 15.0. The second-order valence-electron chi connectivity index (χ2n) is 17.3. The number of nitrogens with zero attached hydrogens (tertiary/aromatic N) is 3. The first-order valence-corrected chi connectivity index (χ1v) is 22.4. The Balaban J connectivity index is 0.949. The van der Waals surface area contributed by atoms with Crippen molar-refractivity contribution in [3.63, 3.8) is 0 Å². The molecule has 3 nitrogen and oxygen atoms in total. The Morgan fingerprint density at radius 3 is 0.892 bits per heavy atom. The van der Waals surface area contributed by atoms with Crippen molar-refractivity contribution in [1.82, 2.24) is 13.7 Å². The molecule has 14 aromatic rings. The third-order valence-electron chi connectivity index (χ3n) is 13.8. The Kier molecular flexibility index (Phi) is 7.69. The van der Waals surface area contributed by atoms with Crippen molar-refractivity contribution in [1.29, 1.82) is 0 Å². The van der Waals surface area contributed by atoms with Crippen molar-refractivity contribution in [2.24, 2.45) is 0 Å². The first kappa shape index (κ1) is 35.9. The molecule has 0 unspecified atom stereocenters. The quantitative estimate of drug-likeness (QED) is 0.154. The molecular weight excluding hydrogens is 787 g/mol. The number of hydrogen-bond acceptors (Lipinski definition) is 0. The van der Waals surface area contributed by atoms with Crippen LogP contribution in [-0.4, -0.2) is 13.7 Å². The topological polar surface area (TPSA) is 14.8 Å². The van der Waals surface area contributed by atoms with E-state index in [-0.39, 0.29) is 0 Å². The average Bonchev–Trinajstić information content (AvgIpc) is 4.01. The molecule has 3 heteroatoms. The van der Waals surface area contributed by atoms with Gasteiger partial charge in [0, 0.05) is 54.5 Å². The normalized spacial score (nSPS) is 12.0. The predicted molar refractivity (Wildman–Crippen MR) is 275 cm³/mol. The lowest BCUT2D eigenvalue weighted by Crippen LogP contribution is -1.97. The lowest BCUT2D eigenvalue weighted by molar-refractivity contribution is 1.18. The van der Waals surface area contributed by atoms with Crippen molar-refractivity contribution < 1.29 is 0 Å². The van der Waals surface area contributed by atoms with Gasteiger partial charge in [-0.25, -0.2) is 0 Å². The smallest absolute Gasteiger partial charge is 0.0618 e. The zero-order valence-electron chi connectivity index (χ0n) is 35.4. The third-order valence-corrected chi connectivity index (χ3v) is 13.8. The minimum absolute atomic E-state index is 1.15. The summed E-state index contributed by atoms with van der Waals surface area (Å²) in [5.41, 5.74) is 15.5. The van der Waals surface area contributed by atoms with E-state index in [1.165, 1.54) is 115 Å². The second kappa shape index (κ2) is 13.9. The Morgan fingerprint density at radius 1 is 0.200 bits per heavy atom. The van der Waals surface area contributed by atoms with E-state index < -0.39 is 0 Å². The fourth-order valence-corrected chi connectivity index (χ4v) is 10.9. The molecule has 0 N–H and O–H groups in total. The van der Waals surface area contributed by atoms with E-state index in [4.69, 9.17) is 0 Å². The summed E-state index contributed by atoms with van der Waals surface area (Å²) in [6.07, 6.45) is 0. The highest BCUT2D eigenvalue weighted by Crippen LogP contribution is 2.42. The van der Waals surface area contributed by atoms with Crippen LogP contribution >= 0.6 is 0 Å². The zero-order valence-corrected chi connectivity index (χ0v) is 35.4. The summed E-state index contributed by atoms with van der Waals surface area (Å²) >= 11 is 0. The third kappa shape index (κ3) is 5.36. The Morgan fingerprint density at radius 2 is 0.508 bits per heavy atom. The Hall–Kier alpha value is -8.66. The molecule has 14 rings (SSSR count). The van der Waals surface area contributed by atoms with Gasteiger partial charge in [-0.1, -0.05) is 158 Å². The molecular formula is C62H39N3. The number of fused-ring (bicyclic) bond motifs is 11. The maximum atomic E-state index is 2.51. The summed E-state index contributed by atoms with van der Waals surface area (Å²) < 4.78 is 7.28. The van der Waals surface area contributed by atoms with Gasteiger partial charge in [0.2, 0.25) is 0 Å². The van der Waals surface area contributed by atoms with E-state index in [1.807, 2.05) is 0 Å². The fourth-order valence-electron chi connectivity index (χ4n) is 10.9. The second-order valence-corrected chi connectivity index (χ2v) is 17.3. The molecule has 0 aliphatic rings. The minimum atomic E-state index is 1.15. The summed E-state index contributed by atoms with van der Waals surface area (Å²) in [5, 5.41) is 12.5. The summed E-state index contributed by atoms with van der Waals surface area (Å²) in [4.78, 5) is 0. The van der Waals surface area contributed by atoms with Crippen molar-refractivity contribution in [3.05, 3.63) is 237 Å². The molecule has 0 amide bonds. The molecule has 0 saturated heterocycles. The number of aromatic nitrogens is 3. The molecule has 0 aliphatic heterocycles. The molecule has 0 saturated carbocycles. The molecule has 3 heterocycles. The predicted octanol–water partition coefficient (Wildman–Crippen LogP) is 16.6. The van der Waals surface area contributed by atoms with Gasteiger partial charge >= 0.3 is 0 Å². The largest absolute Gasteiger partial charge is 0.309 e.